The van der Waals surface area contributed by atoms with E-state index in [0.717, 1.165) is 93.9 Å². The first-order chi connectivity index (χ1) is 31.6. The van der Waals surface area contributed by atoms with Crippen molar-refractivity contribution in [3.8, 4) is 67.5 Å². The standard InChI is InChI=1S/C58H36F2N4/c59-40-32-28-37(29-33-40)42-20-12-26-54(63-50-22-8-4-16-44(50)45-17-5-9-23-51(45)63)56(42)48-36-49(62-58(61-48)39-14-2-1-3-15-39)57-43(38-30-34-41(60)35-31-38)21-13-27-55(57)64-52-24-10-6-18-46(52)47-19-7-11-25-53(47)64/h1-36H. The molecule has 0 atom stereocenters. The number of rotatable bonds is 7. The number of hydrogen-bond acceptors (Lipinski definition) is 2. The number of nitrogens with zero attached hydrogens (tertiary/aromatic N) is 4. The second-order valence-electron chi connectivity index (χ2n) is 16.0. The maximum Gasteiger partial charge on any atom is 0.160 e. The molecule has 0 saturated carbocycles. The van der Waals surface area contributed by atoms with E-state index in [2.05, 4.69) is 149 Å². The summed E-state index contributed by atoms with van der Waals surface area (Å²) in [6.45, 7) is 0. The van der Waals surface area contributed by atoms with Crippen LogP contribution >= 0.6 is 0 Å². The van der Waals surface area contributed by atoms with E-state index in [9.17, 15) is 8.78 Å². The topological polar surface area (TPSA) is 35.6 Å². The average Bonchev–Trinajstić information content (AvgIpc) is 3.87. The van der Waals surface area contributed by atoms with Gasteiger partial charge in [0.2, 0.25) is 0 Å². The number of hydrogen-bond donors (Lipinski definition) is 0. The van der Waals surface area contributed by atoms with E-state index in [-0.39, 0.29) is 11.6 Å². The molecule has 0 bridgehead atoms. The third kappa shape index (κ3) is 6.10. The van der Waals surface area contributed by atoms with Gasteiger partial charge in [0.05, 0.1) is 44.8 Å². The van der Waals surface area contributed by atoms with Gasteiger partial charge < -0.3 is 9.13 Å². The summed E-state index contributed by atoms with van der Waals surface area (Å²) in [6.07, 6.45) is 0. The molecule has 302 valence electrons. The molecule has 3 aromatic heterocycles. The van der Waals surface area contributed by atoms with E-state index in [1.807, 2.05) is 54.6 Å². The van der Waals surface area contributed by atoms with Crippen LogP contribution in [0.25, 0.3) is 111 Å². The van der Waals surface area contributed by atoms with Gasteiger partial charge in [-0.25, -0.2) is 18.7 Å². The first-order valence-electron chi connectivity index (χ1n) is 21.3. The summed E-state index contributed by atoms with van der Waals surface area (Å²) in [7, 11) is 0. The highest BCUT2D eigenvalue weighted by Crippen LogP contribution is 2.45. The molecule has 12 rings (SSSR count). The third-order valence-electron chi connectivity index (χ3n) is 12.3. The molecule has 4 nitrogen and oxygen atoms in total. The Balaban J connectivity index is 1.23. The van der Waals surface area contributed by atoms with Crippen molar-refractivity contribution in [3.05, 3.63) is 230 Å². The second kappa shape index (κ2) is 15.2. The molecule has 0 aliphatic carbocycles. The fourth-order valence-corrected chi connectivity index (χ4v) is 9.52. The number of benzene rings is 9. The van der Waals surface area contributed by atoms with Crippen molar-refractivity contribution in [3.63, 3.8) is 0 Å². The lowest BCUT2D eigenvalue weighted by Gasteiger charge is -2.21. The Morgan fingerprint density at radius 2 is 0.672 bits per heavy atom. The minimum atomic E-state index is -0.311. The fraction of sp³-hybridized carbons (Fsp3) is 0. The molecule has 0 fully saturated rings. The smallest absolute Gasteiger partial charge is 0.160 e. The van der Waals surface area contributed by atoms with Crippen LogP contribution in [-0.2, 0) is 0 Å². The Hall–Kier alpha value is -8.48. The zero-order valence-corrected chi connectivity index (χ0v) is 34.3. The third-order valence-corrected chi connectivity index (χ3v) is 12.3. The van der Waals surface area contributed by atoms with Gasteiger partial charge in [-0.05, 0) is 89.0 Å². The normalized spacial score (nSPS) is 11.6. The van der Waals surface area contributed by atoms with Crippen LogP contribution < -0.4 is 0 Å². The molecule has 0 N–H and O–H groups in total. The Kier molecular flexibility index (Phi) is 8.83. The van der Waals surface area contributed by atoms with Gasteiger partial charge in [-0.1, -0.05) is 152 Å². The number of halogens is 2. The molecular weight excluding hydrogens is 791 g/mol. The largest absolute Gasteiger partial charge is 0.309 e. The van der Waals surface area contributed by atoms with Crippen LogP contribution in [0.4, 0.5) is 8.78 Å². The predicted octanol–water partition coefficient (Wildman–Crippen LogP) is 15.3. The maximum atomic E-state index is 14.7. The molecule has 0 spiro atoms. The molecule has 6 heteroatoms. The average molecular weight is 827 g/mol. The number of fused-ring (bicyclic) bond motifs is 6. The summed E-state index contributed by atoms with van der Waals surface area (Å²) in [6, 6.07) is 71.9. The Morgan fingerprint density at radius 1 is 0.312 bits per heavy atom. The number of aromatic nitrogens is 4. The molecule has 0 aliphatic heterocycles. The van der Waals surface area contributed by atoms with Crippen LogP contribution in [0.5, 0.6) is 0 Å². The van der Waals surface area contributed by atoms with Gasteiger partial charge in [0.1, 0.15) is 11.6 Å². The van der Waals surface area contributed by atoms with Gasteiger partial charge in [0.25, 0.3) is 0 Å². The summed E-state index contributed by atoms with van der Waals surface area (Å²) in [4.78, 5) is 11.0. The Bertz CT molecular complexity index is 3410. The van der Waals surface area contributed by atoms with Crippen LogP contribution in [0.2, 0.25) is 0 Å². The van der Waals surface area contributed by atoms with Gasteiger partial charge in [-0.3, -0.25) is 0 Å². The van der Waals surface area contributed by atoms with E-state index >= 15 is 0 Å². The van der Waals surface area contributed by atoms with Crippen LogP contribution in [0.15, 0.2) is 218 Å². The molecule has 12 aromatic rings. The van der Waals surface area contributed by atoms with Crippen molar-refractivity contribution < 1.29 is 8.78 Å². The van der Waals surface area contributed by atoms with E-state index in [1.165, 1.54) is 24.3 Å². The van der Waals surface area contributed by atoms with Crippen molar-refractivity contribution in [2.75, 3.05) is 0 Å². The molecule has 3 heterocycles. The van der Waals surface area contributed by atoms with E-state index in [0.29, 0.717) is 17.2 Å². The quantitative estimate of drug-likeness (QED) is 0.160. The van der Waals surface area contributed by atoms with Gasteiger partial charge in [-0.2, -0.15) is 0 Å². The summed E-state index contributed by atoms with van der Waals surface area (Å²) in [5.41, 5.74) is 13.4. The van der Waals surface area contributed by atoms with Crippen molar-refractivity contribution in [2.24, 2.45) is 0 Å². The Morgan fingerprint density at radius 3 is 1.06 bits per heavy atom. The highest BCUT2D eigenvalue weighted by molar-refractivity contribution is 6.11. The fourth-order valence-electron chi connectivity index (χ4n) is 9.52. The van der Waals surface area contributed by atoms with Gasteiger partial charge >= 0.3 is 0 Å². The second-order valence-corrected chi connectivity index (χ2v) is 16.0. The molecule has 64 heavy (non-hydrogen) atoms. The van der Waals surface area contributed by atoms with Crippen LogP contribution in [-0.4, -0.2) is 19.1 Å². The molecule has 0 unspecified atom stereocenters. The molecule has 0 amide bonds. The summed E-state index contributed by atoms with van der Waals surface area (Å²) >= 11 is 0. The molecule has 0 radical (unpaired) electrons. The van der Waals surface area contributed by atoms with Crippen molar-refractivity contribution >= 4 is 43.6 Å². The summed E-state index contributed by atoms with van der Waals surface area (Å²) in [5.74, 6) is -0.0821. The monoisotopic (exact) mass is 826 g/mol. The Labute approximate surface area is 367 Å². The first-order valence-corrected chi connectivity index (χ1v) is 21.3. The molecule has 9 aromatic carbocycles. The van der Waals surface area contributed by atoms with Crippen LogP contribution in [0.1, 0.15) is 0 Å². The SMILES string of the molecule is Fc1ccc(-c2cccc(-n3c4ccccc4c4ccccc43)c2-c2cc(-c3c(-c4ccc(F)cc4)cccc3-n3c4ccccc4c4ccccc43)nc(-c3ccccc3)n2)cc1. The molecular formula is C58H36F2N4. The summed E-state index contributed by atoms with van der Waals surface area (Å²) in [5, 5.41) is 4.53. The number of para-hydroxylation sites is 4. The molecule has 0 saturated heterocycles. The van der Waals surface area contributed by atoms with Crippen molar-refractivity contribution in [1.82, 2.24) is 19.1 Å². The van der Waals surface area contributed by atoms with E-state index in [1.54, 1.807) is 0 Å². The highest BCUT2D eigenvalue weighted by atomic mass is 19.1. The lowest BCUT2D eigenvalue weighted by atomic mass is 9.92. The van der Waals surface area contributed by atoms with E-state index in [4.69, 9.17) is 9.97 Å². The van der Waals surface area contributed by atoms with Crippen molar-refractivity contribution in [2.45, 2.75) is 0 Å². The highest BCUT2D eigenvalue weighted by Gasteiger charge is 2.25. The predicted molar refractivity (Wildman–Crippen MR) is 258 cm³/mol. The zero-order chi connectivity index (χ0) is 42.7. The van der Waals surface area contributed by atoms with Gasteiger partial charge in [0, 0.05) is 38.2 Å². The van der Waals surface area contributed by atoms with E-state index < -0.39 is 0 Å². The lowest BCUT2D eigenvalue weighted by molar-refractivity contribution is 0.627. The lowest BCUT2D eigenvalue weighted by Crippen LogP contribution is -2.04. The van der Waals surface area contributed by atoms with Gasteiger partial charge in [-0.15, -0.1) is 0 Å². The zero-order valence-electron chi connectivity index (χ0n) is 34.3. The maximum absolute atomic E-state index is 14.7. The first kappa shape index (κ1) is 37.3. The minimum absolute atomic E-state index is 0.311. The molecule has 0 aliphatic rings. The minimum Gasteiger partial charge on any atom is -0.309 e. The summed E-state index contributed by atoms with van der Waals surface area (Å²) < 4.78 is 33.9. The van der Waals surface area contributed by atoms with Crippen molar-refractivity contribution in [1.29, 1.82) is 0 Å². The van der Waals surface area contributed by atoms with Crippen LogP contribution in [0.3, 0.4) is 0 Å². The van der Waals surface area contributed by atoms with Crippen LogP contribution in [0, 0.1) is 11.6 Å². The van der Waals surface area contributed by atoms with Gasteiger partial charge in [0.15, 0.2) is 5.82 Å².